The first-order chi connectivity index (χ1) is 4.34. The summed E-state index contributed by atoms with van der Waals surface area (Å²) in [5, 5.41) is 0. The lowest BCUT2D eigenvalue weighted by molar-refractivity contribution is -0.0695. The number of rotatable bonds is 1. The van der Waals surface area contributed by atoms with Gasteiger partial charge >= 0.3 is 0 Å². The Morgan fingerprint density at radius 3 is 2.89 bits per heavy atom. The van der Waals surface area contributed by atoms with E-state index in [2.05, 4.69) is 6.92 Å². The molecular formula is C6H13NO2. The van der Waals surface area contributed by atoms with Crippen molar-refractivity contribution >= 4 is 0 Å². The van der Waals surface area contributed by atoms with Gasteiger partial charge in [0.1, 0.15) is 0 Å². The maximum absolute atomic E-state index is 5.18. The highest BCUT2D eigenvalue weighted by Gasteiger charge is 2.21. The molecule has 54 valence electrons. The molecular weight excluding hydrogens is 118 g/mol. The summed E-state index contributed by atoms with van der Waals surface area (Å²) < 4.78 is 5.18. The number of ether oxygens (including phenoxy) is 1. The number of nitrogens with two attached hydrogens (primary N) is 1. The molecule has 2 atom stereocenters. The predicted molar refractivity (Wildman–Crippen MR) is 33.7 cm³/mol. The van der Waals surface area contributed by atoms with E-state index in [9.17, 15) is 0 Å². The maximum Gasteiger partial charge on any atom is 0.0856 e. The molecule has 1 fully saturated rings. The fourth-order valence-electron chi connectivity index (χ4n) is 1.06. The van der Waals surface area contributed by atoms with Crippen LogP contribution in [0.1, 0.15) is 13.3 Å². The van der Waals surface area contributed by atoms with E-state index < -0.39 is 0 Å². The standard InChI is InChI=1S/C6H13NO2/c1-5-4-8-3-2-6(5)9-7/h5-6H,2-4,7H2,1H3. The lowest BCUT2D eigenvalue weighted by Crippen LogP contribution is -2.33. The van der Waals surface area contributed by atoms with Crippen molar-refractivity contribution in [3.05, 3.63) is 0 Å². The summed E-state index contributed by atoms with van der Waals surface area (Å²) in [7, 11) is 0. The van der Waals surface area contributed by atoms with Crippen molar-refractivity contribution in [2.45, 2.75) is 19.4 Å². The smallest absolute Gasteiger partial charge is 0.0856 e. The van der Waals surface area contributed by atoms with E-state index in [-0.39, 0.29) is 6.10 Å². The lowest BCUT2D eigenvalue weighted by Gasteiger charge is -2.26. The fraction of sp³-hybridized carbons (Fsp3) is 1.00. The Balaban J connectivity index is 2.30. The third-order valence-electron chi connectivity index (χ3n) is 1.74. The van der Waals surface area contributed by atoms with Crippen molar-refractivity contribution in [1.29, 1.82) is 0 Å². The summed E-state index contributed by atoms with van der Waals surface area (Å²) in [5.74, 6) is 5.49. The zero-order valence-electron chi connectivity index (χ0n) is 5.67. The van der Waals surface area contributed by atoms with Gasteiger partial charge in [-0.2, -0.15) is 0 Å². The molecule has 1 heterocycles. The average Bonchev–Trinajstić information content (AvgIpc) is 1.89. The zero-order valence-corrected chi connectivity index (χ0v) is 5.67. The summed E-state index contributed by atoms with van der Waals surface area (Å²) in [5.41, 5.74) is 0. The quantitative estimate of drug-likeness (QED) is 0.520. The first kappa shape index (κ1) is 6.99. The second-order valence-electron chi connectivity index (χ2n) is 2.52. The zero-order chi connectivity index (χ0) is 6.69. The summed E-state index contributed by atoms with van der Waals surface area (Å²) in [4.78, 5) is 4.72. The van der Waals surface area contributed by atoms with Gasteiger partial charge in [-0.3, -0.25) is 0 Å². The molecule has 0 aromatic rings. The first-order valence-electron chi connectivity index (χ1n) is 3.28. The SMILES string of the molecule is CC1COCCC1ON. The predicted octanol–water partition coefficient (Wildman–Crippen LogP) is 0.302. The normalized spacial score (nSPS) is 36.7. The second kappa shape index (κ2) is 3.15. The van der Waals surface area contributed by atoms with Crippen LogP contribution in [-0.4, -0.2) is 19.3 Å². The van der Waals surface area contributed by atoms with Gasteiger partial charge in [-0.1, -0.05) is 6.92 Å². The third-order valence-corrected chi connectivity index (χ3v) is 1.74. The minimum atomic E-state index is 0.207. The van der Waals surface area contributed by atoms with Crippen LogP contribution in [0.15, 0.2) is 0 Å². The molecule has 0 bridgehead atoms. The molecule has 0 aromatic carbocycles. The van der Waals surface area contributed by atoms with Crippen LogP contribution < -0.4 is 5.90 Å². The molecule has 2 N–H and O–H groups in total. The van der Waals surface area contributed by atoms with Crippen molar-refractivity contribution in [3.63, 3.8) is 0 Å². The third kappa shape index (κ3) is 1.64. The molecule has 1 saturated heterocycles. The number of hydrogen-bond acceptors (Lipinski definition) is 3. The van der Waals surface area contributed by atoms with Crippen molar-refractivity contribution < 1.29 is 9.57 Å². The Morgan fingerprint density at radius 1 is 1.67 bits per heavy atom. The Labute approximate surface area is 55.1 Å². The van der Waals surface area contributed by atoms with Gasteiger partial charge in [-0.15, -0.1) is 0 Å². The van der Waals surface area contributed by atoms with Crippen LogP contribution in [0.5, 0.6) is 0 Å². The molecule has 0 aliphatic carbocycles. The molecule has 3 heteroatoms. The van der Waals surface area contributed by atoms with Crippen LogP contribution in [0, 0.1) is 5.92 Å². The van der Waals surface area contributed by atoms with Gasteiger partial charge in [0.15, 0.2) is 0 Å². The van der Waals surface area contributed by atoms with Crippen molar-refractivity contribution in [2.24, 2.45) is 11.8 Å². The molecule has 3 nitrogen and oxygen atoms in total. The van der Waals surface area contributed by atoms with E-state index in [1.807, 2.05) is 0 Å². The highest BCUT2D eigenvalue weighted by molar-refractivity contribution is 4.68. The fourth-order valence-corrected chi connectivity index (χ4v) is 1.06. The first-order valence-corrected chi connectivity index (χ1v) is 3.28. The van der Waals surface area contributed by atoms with Crippen LogP contribution in [0.4, 0.5) is 0 Å². The molecule has 9 heavy (non-hydrogen) atoms. The van der Waals surface area contributed by atoms with Crippen LogP contribution >= 0.6 is 0 Å². The molecule has 1 aliphatic heterocycles. The van der Waals surface area contributed by atoms with Crippen LogP contribution in [0.3, 0.4) is 0 Å². The average molecular weight is 131 g/mol. The minimum absolute atomic E-state index is 0.207. The van der Waals surface area contributed by atoms with Crippen LogP contribution in [-0.2, 0) is 9.57 Å². The molecule has 0 radical (unpaired) electrons. The Bertz CT molecular complexity index is 87.1. The van der Waals surface area contributed by atoms with Gasteiger partial charge in [0.2, 0.25) is 0 Å². The van der Waals surface area contributed by atoms with E-state index in [0.29, 0.717) is 5.92 Å². The highest BCUT2D eigenvalue weighted by atomic mass is 16.6. The summed E-state index contributed by atoms with van der Waals surface area (Å²) >= 11 is 0. The Kier molecular flexibility index (Phi) is 2.45. The Hall–Kier alpha value is -0.120. The largest absolute Gasteiger partial charge is 0.381 e. The van der Waals surface area contributed by atoms with Crippen LogP contribution in [0.25, 0.3) is 0 Å². The van der Waals surface area contributed by atoms with Gasteiger partial charge in [0, 0.05) is 12.5 Å². The van der Waals surface area contributed by atoms with E-state index in [4.69, 9.17) is 15.5 Å². The summed E-state index contributed by atoms with van der Waals surface area (Å²) in [6.45, 7) is 3.64. The monoisotopic (exact) mass is 131 g/mol. The van der Waals surface area contributed by atoms with Gasteiger partial charge in [0.25, 0.3) is 0 Å². The van der Waals surface area contributed by atoms with Gasteiger partial charge in [0.05, 0.1) is 12.7 Å². The van der Waals surface area contributed by atoms with Crippen molar-refractivity contribution in [1.82, 2.24) is 0 Å². The van der Waals surface area contributed by atoms with E-state index >= 15 is 0 Å². The number of hydrogen-bond donors (Lipinski definition) is 1. The highest BCUT2D eigenvalue weighted by Crippen LogP contribution is 2.15. The molecule has 0 aromatic heterocycles. The summed E-state index contributed by atoms with van der Waals surface area (Å²) in [6, 6.07) is 0. The van der Waals surface area contributed by atoms with Gasteiger partial charge in [-0.25, -0.2) is 5.90 Å². The molecule has 2 unspecified atom stereocenters. The maximum atomic E-state index is 5.18. The van der Waals surface area contributed by atoms with Gasteiger partial charge in [-0.05, 0) is 6.42 Å². The van der Waals surface area contributed by atoms with Crippen molar-refractivity contribution in [2.75, 3.05) is 13.2 Å². The van der Waals surface area contributed by atoms with E-state index in [1.54, 1.807) is 0 Å². The Morgan fingerprint density at radius 2 is 2.44 bits per heavy atom. The molecule has 0 saturated carbocycles. The minimum Gasteiger partial charge on any atom is -0.381 e. The molecule has 1 aliphatic rings. The molecule has 1 rings (SSSR count). The van der Waals surface area contributed by atoms with Crippen LogP contribution in [0.2, 0.25) is 0 Å². The summed E-state index contributed by atoms with van der Waals surface area (Å²) in [6.07, 6.45) is 1.14. The lowest BCUT2D eigenvalue weighted by atomic mass is 10.0. The molecule has 0 spiro atoms. The van der Waals surface area contributed by atoms with Gasteiger partial charge < -0.3 is 9.57 Å². The topological polar surface area (TPSA) is 44.5 Å². The van der Waals surface area contributed by atoms with E-state index in [1.165, 1.54) is 0 Å². The second-order valence-corrected chi connectivity index (χ2v) is 2.52. The van der Waals surface area contributed by atoms with E-state index in [0.717, 1.165) is 19.6 Å². The molecule has 0 amide bonds. The van der Waals surface area contributed by atoms with Crippen molar-refractivity contribution in [3.8, 4) is 0 Å².